The van der Waals surface area contributed by atoms with Gasteiger partial charge in [0.05, 0.1) is 33.5 Å². The molecule has 0 unspecified atom stereocenters. The Labute approximate surface area is 344 Å². The molecule has 0 aliphatic rings. The molecule has 0 aliphatic carbocycles. The third-order valence-electron chi connectivity index (χ3n) is 11.4. The van der Waals surface area contributed by atoms with Crippen molar-refractivity contribution in [1.82, 2.24) is 34.1 Å². The molecule has 12 rings (SSSR count). The van der Waals surface area contributed by atoms with Gasteiger partial charge in [0.2, 0.25) is 11.9 Å². The van der Waals surface area contributed by atoms with E-state index in [1.807, 2.05) is 72.8 Å². The normalized spacial score (nSPS) is 11.7. The van der Waals surface area contributed by atoms with E-state index < -0.39 is 0 Å². The summed E-state index contributed by atoms with van der Waals surface area (Å²) in [5.74, 6) is 2.43. The highest BCUT2D eigenvalue weighted by Gasteiger charge is 2.23. The van der Waals surface area contributed by atoms with E-state index in [4.69, 9.17) is 24.9 Å². The molecule has 0 N–H and O–H groups in total. The van der Waals surface area contributed by atoms with Crippen LogP contribution in [-0.4, -0.2) is 34.1 Å². The number of nitrogens with zero attached hydrogens (tertiary/aromatic N) is 7. The van der Waals surface area contributed by atoms with Gasteiger partial charge in [0.15, 0.2) is 11.6 Å². The van der Waals surface area contributed by atoms with Crippen LogP contribution >= 0.6 is 0 Å². The molecule has 4 aromatic heterocycles. The highest BCUT2D eigenvalue weighted by atomic mass is 15.2. The summed E-state index contributed by atoms with van der Waals surface area (Å²) in [6, 6.07) is 69.1. The van der Waals surface area contributed by atoms with E-state index in [0.29, 0.717) is 23.5 Å². The van der Waals surface area contributed by atoms with Gasteiger partial charge in [-0.25, -0.2) is 15.0 Å². The molecular formula is C53H33N7. The molecule has 7 nitrogen and oxygen atoms in total. The first kappa shape index (κ1) is 33.8. The average Bonchev–Trinajstić information content (AvgIpc) is 3.86. The molecule has 280 valence electrons. The Morgan fingerprint density at radius 2 is 0.633 bits per heavy atom. The third-order valence-corrected chi connectivity index (χ3v) is 11.4. The van der Waals surface area contributed by atoms with Gasteiger partial charge in [-0.15, -0.1) is 0 Å². The van der Waals surface area contributed by atoms with Crippen LogP contribution in [0, 0.1) is 0 Å². The van der Waals surface area contributed by atoms with Gasteiger partial charge in [-0.3, -0.25) is 9.13 Å². The molecule has 8 aromatic carbocycles. The second-order valence-corrected chi connectivity index (χ2v) is 14.9. The van der Waals surface area contributed by atoms with E-state index in [9.17, 15) is 0 Å². The first-order chi connectivity index (χ1) is 29.8. The first-order valence-corrected chi connectivity index (χ1v) is 20.0. The van der Waals surface area contributed by atoms with Crippen LogP contribution in [0.1, 0.15) is 0 Å². The van der Waals surface area contributed by atoms with Crippen LogP contribution in [0.2, 0.25) is 0 Å². The van der Waals surface area contributed by atoms with Crippen molar-refractivity contribution < 1.29 is 0 Å². The highest BCUT2D eigenvalue weighted by Crippen LogP contribution is 2.42. The van der Waals surface area contributed by atoms with Crippen molar-refractivity contribution in [2.24, 2.45) is 0 Å². The molecule has 0 aliphatic heterocycles. The van der Waals surface area contributed by atoms with E-state index in [2.05, 4.69) is 137 Å². The largest absolute Gasteiger partial charge is 0.278 e. The van der Waals surface area contributed by atoms with E-state index in [-0.39, 0.29) is 0 Å². The summed E-state index contributed by atoms with van der Waals surface area (Å²) >= 11 is 0. The Morgan fingerprint density at radius 1 is 0.267 bits per heavy atom. The van der Waals surface area contributed by atoms with Crippen molar-refractivity contribution in [2.75, 3.05) is 0 Å². The molecular weight excluding hydrogens is 735 g/mol. The van der Waals surface area contributed by atoms with E-state index in [1.54, 1.807) is 0 Å². The zero-order valence-corrected chi connectivity index (χ0v) is 32.2. The molecule has 0 spiro atoms. The topological polar surface area (TPSA) is 74.3 Å². The van der Waals surface area contributed by atoms with Crippen molar-refractivity contribution in [3.8, 4) is 57.2 Å². The summed E-state index contributed by atoms with van der Waals surface area (Å²) in [5, 5.41) is 6.82. The minimum atomic E-state index is 0.565. The maximum Gasteiger partial charge on any atom is 0.238 e. The summed E-state index contributed by atoms with van der Waals surface area (Å²) in [6.07, 6.45) is 0. The van der Waals surface area contributed by atoms with Crippen LogP contribution in [0.25, 0.3) is 112 Å². The summed E-state index contributed by atoms with van der Waals surface area (Å²) in [6.45, 7) is 0. The number of hydrogen-bond donors (Lipinski definition) is 0. The zero-order chi connectivity index (χ0) is 39.6. The van der Waals surface area contributed by atoms with Gasteiger partial charge < -0.3 is 0 Å². The van der Waals surface area contributed by atoms with E-state index >= 15 is 0 Å². The number of rotatable bonds is 6. The minimum Gasteiger partial charge on any atom is -0.278 e. The van der Waals surface area contributed by atoms with Crippen molar-refractivity contribution in [3.63, 3.8) is 0 Å². The maximum absolute atomic E-state index is 5.27. The lowest BCUT2D eigenvalue weighted by molar-refractivity contribution is 0.953. The van der Waals surface area contributed by atoms with Crippen LogP contribution in [0.15, 0.2) is 200 Å². The Balaban J connectivity index is 1.13. The van der Waals surface area contributed by atoms with E-state index in [0.717, 1.165) is 88.0 Å². The summed E-state index contributed by atoms with van der Waals surface area (Å²) in [4.78, 5) is 25.8. The van der Waals surface area contributed by atoms with Crippen molar-refractivity contribution in [3.05, 3.63) is 200 Å². The Bertz CT molecular complexity index is 3220. The number of para-hydroxylation sites is 2. The lowest BCUT2D eigenvalue weighted by atomic mass is 9.99. The summed E-state index contributed by atoms with van der Waals surface area (Å²) in [5.41, 5.74) is 9.77. The molecule has 60 heavy (non-hydrogen) atoms. The molecule has 7 heteroatoms. The number of hydrogen-bond acceptors (Lipinski definition) is 5. The molecule has 0 atom stereocenters. The predicted molar refractivity (Wildman–Crippen MR) is 243 cm³/mol. The highest BCUT2D eigenvalue weighted by molar-refractivity contribution is 6.29. The van der Waals surface area contributed by atoms with Crippen molar-refractivity contribution >= 4 is 54.4 Å². The second-order valence-electron chi connectivity index (χ2n) is 14.9. The van der Waals surface area contributed by atoms with Crippen LogP contribution in [0.4, 0.5) is 0 Å². The lowest BCUT2D eigenvalue weighted by Crippen LogP contribution is -2.06. The average molecular weight is 768 g/mol. The molecule has 0 bridgehead atoms. The van der Waals surface area contributed by atoms with Crippen LogP contribution in [-0.2, 0) is 0 Å². The fraction of sp³-hybridized carbons (Fsp3) is 0. The summed E-state index contributed by atoms with van der Waals surface area (Å²) < 4.78 is 4.41. The quantitative estimate of drug-likeness (QED) is 0.168. The lowest BCUT2D eigenvalue weighted by Gasteiger charge is -2.12. The van der Waals surface area contributed by atoms with Gasteiger partial charge in [-0.1, -0.05) is 170 Å². The number of benzene rings is 8. The minimum absolute atomic E-state index is 0.565. The molecule has 0 saturated heterocycles. The third kappa shape index (κ3) is 5.41. The predicted octanol–water partition coefficient (Wildman–Crippen LogP) is 12.7. The second kappa shape index (κ2) is 13.7. The standard InChI is InChI=1S/C53H33N7/c1-5-17-34(18-6-1)42-33-43(35-19-7-2-8-20-35)55-52(54-42)59-44-27-15-13-25-40(44)48-38-30-32-47-49(39(38)29-31-46(48)59)41-26-14-16-28-45(41)60(47)53-57-50(36-21-9-3-10-22-36)56-51(58-53)37-23-11-4-12-24-37/h1-33H. The SMILES string of the molecule is c1ccc(-c2cc(-c3ccccc3)nc(-n3c4ccccc4c4c5ccc6c(c5ccc43)c3ccccc3n6-c3nc(-c4ccccc4)nc(-c4ccccc4)n3)n2)cc1. The van der Waals surface area contributed by atoms with Crippen molar-refractivity contribution in [1.29, 1.82) is 0 Å². The zero-order valence-electron chi connectivity index (χ0n) is 32.2. The maximum atomic E-state index is 5.27. The number of aromatic nitrogens is 7. The smallest absolute Gasteiger partial charge is 0.238 e. The molecule has 0 amide bonds. The Kier molecular flexibility index (Phi) is 7.71. The van der Waals surface area contributed by atoms with Crippen LogP contribution in [0.3, 0.4) is 0 Å². The fourth-order valence-electron chi connectivity index (χ4n) is 8.72. The van der Waals surface area contributed by atoms with E-state index in [1.165, 1.54) is 0 Å². The van der Waals surface area contributed by atoms with Gasteiger partial charge in [0, 0.05) is 43.8 Å². The van der Waals surface area contributed by atoms with Gasteiger partial charge in [-0.2, -0.15) is 9.97 Å². The summed E-state index contributed by atoms with van der Waals surface area (Å²) in [7, 11) is 0. The Morgan fingerprint density at radius 3 is 1.07 bits per heavy atom. The molecule has 12 aromatic rings. The first-order valence-electron chi connectivity index (χ1n) is 20.0. The monoisotopic (exact) mass is 767 g/mol. The fourth-order valence-corrected chi connectivity index (χ4v) is 8.72. The Hall–Kier alpha value is -8.29. The molecule has 4 heterocycles. The number of fused-ring (bicyclic) bond motifs is 9. The van der Waals surface area contributed by atoms with Gasteiger partial charge in [0.25, 0.3) is 0 Å². The molecule has 0 saturated carbocycles. The van der Waals surface area contributed by atoms with Gasteiger partial charge >= 0.3 is 0 Å². The van der Waals surface area contributed by atoms with Gasteiger partial charge in [-0.05, 0) is 41.1 Å². The molecule has 0 radical (unpaired) electrons. The van der Waals surface area contributed by atoms with Crippen molar-refractivity contribution in [2.45, 2.75) is 0 Å². The molecule has 0 fully saturated rings. The van der Waals surface area contributed by atoms with Gasteiger partial charge in [0.1, 0.15) is 0 Å². The van der Waals surface area contributed by atoms with Crippen LogP contribution in [0.5, 0.6) is 0 Å². The van der Waals surface area contributed by atoms with Crippen LogP contribution < -0.4 is 0 Å².